The van der Waals surface area contributed by atoms with E-state index in [1.165, 1.54) is 0 Å². The lowest BCUT2D eigenvalue weighted by molar-refractivity contribution is -0.142. The summed E-state index contributed by atoms with van der Waals surface area (Å²) in [7, 11) is 0. The Balaban J connectivity index is 1.62. The number of rotatable bonds is 4. The van der Waals surface area contributed by atoms with E-state index in [1.807, 2.05) is 79.1 Å². The fourth-order valence-electron chi connectivity index (χ4n) is 3.56. The van der Waals surface area contributed by atoms with Crippen molar-refractivity contribution in [3.8, 4) is 5.75 Å². The molecule has 2 amide bonds. The van der Waals surface area contributed by atoms with Gasteiger partial charge in [-0.3, -0.25) is 9.59 Å². The van der Waals surface area contributed by atoms with E-state index in [9.17, 15) is 9.59 Å². The van der Waals surface area contributed by atoms with E-state index in [-0.39, 0.29) is 17.9 Å². The molecule has 5 nitrogen and oxygen atoms in total. The van der Waals surface area contributed by atoms with Gasteiger partial charge in [-0.25, -0.2) is 0 Å². The van der Waals surface area contributed by atoms with Crippen molar-refractivity contribution in [2.24, 2.45) is 0 Å². The van der Waals surface area contributed by atoms with E-state index in [2.05, 4.69) is 0 Å². The van der Waals surface area contributed by atoms with Crippen LogP contribution in [0.25, 0.3) is 0 Å². The highest BCUT2D eigenvalue weighted by Gasteiger charge is 2.33. The SMILES string of the molecule is Cc1cccc(OC(C)C(=O)N2CCN(C(=O)c3ccccc3)CC2C)c1C. The second kappa shape index (κ2) is 8.46. The Hall–Kier alpha value is -2.82. The van der Waals surface area contributed by atoms with Crippen molar-refractivity contribution in [1.82, 2.24) is 9.80 Å². The van der Waals surface area contributed by atoms with Gasteiger partial charge in [-0.2, -0.15) is 0 Å². The summed E-state index contributed by atoms with van der Waals surface area (Å²) >= 11 is 0. The number of carbonyl (C=O) groups is 2. The molecule has 0 bridgehead atoms. The average molecular weight is 380 g/mol. The standard InChI is InChI=1S/C23H28N2O3/c1-16-9-8-12-21(18(16)3)28-19(4)22(26)25-14-13-24(15-17(25)2)23(27)20-10-6-5-7-11-20/h5-12,17,19H,13-15H2,1-4H3. The molecule has 1 fully saturated rings. The first-order valence-corrected chi connectivity index (χ1v) is 9.76. The second-order valence-corrected chi connectivity index (χ2v) is 7.46. The van der Waals surface area contributed by atoms with Crippen molar-refractivity contribution >= 4 is 11.8 Å². The van der Waals surface area contributed by atoms with Crippen molar-refractivity contribution in [3.63, 3.8) is 0 Å². The largest absolute Gasteiger partial charge is 0.481 e. The van der Waals surface area contributed by atoms with Crippen LogP contribution < -0.4 is 4.74 Å². The molecule has 3 rings (SSSR count). The summed E-state index contributed by atoms with van der Waals surface area (Å²) in [5, 5.41) is 0. The number of aryl methyl sites for hydroxylation is 1. The molecule has 1 heterocycles. The zero-order chi connectivity index (χ0) is 20.3. The van der Waals surface area contributed by atoms with Crippen LogP contribution in [0, 0.1) is 13.8 Å². The number of ether oxygens (including phenoxy) is 1. The fraction of sp³-hybridized carbons (Fsp3) is 0.391. The van der Waals surface area contributed by atoms with Gasteiger partial charge < -0.3 is 14.5 Å². The van der Waals surface area contributed by atoms with Gasteiger partial charge >= 0.3 is 0 Å². The number of piperazine rings is 1. The lowest BCUT2D eigenvalue weighted by Crippen LogP contribution is -2.57. The van der Waals surface area contributed by atoms with Crippen LogP contribution in [-0.4, -0.2) is 53.4 Å². The van der Waals surface area contributed by atoms with Crippen LogP contribution in [-0.2, 0) is 4.79 Å². The summed E-state index contributed by atoms with van der Waals surface area (Å²) in [6, 6.07) is 15.1. The fourth-order valence-corrected chi connectivity index (χ4v) is 3.56. The van der Waals surface area contributed by atoms with Gasteiger partial charge in [0.25, 0.3) is 11.8 Å². The predicted molar refractivity (Wildman–Crippen MR) is 110 cm³/mol. The van der Waals surface area contributed by atoms with Crippen LogP contribution in [0.5, 0.6) is 5.75 Å². The van der Waals surface area contributed by atoms with Gasteiger partial charge in [0.15, 0.2) is 6.10 Å². The van der Waals surface area contributed by atoms with Crippen LogP contribution in [0.3, 0.4) is 0 Å². The molecule has 0 N–H and O–H groups in total. The monoisotopic (exact) mass is 380 g/mol. The van der Waals surface area contributed by atoms with Crippen LogP contribution >= 0.6 is 0 Å². The molecule has 2 atom stereocenters. The molecular weight excluding hydrogens is 352 g/mol. The summed E-state index contributed by atoms with van der Waals surface area (Å²) in [6.07, 6.45) is -0.570. The van der Waals surface area contributed by atoms with Gasteiger partial charge in [-0.1, -0.05) is 30.3 Å². The molecule has 1 aliphatic heterocycles. The van der Waals surface area contributed by atoms with Crippen molar-refractivity contribution in [2.45, 2.75) is 39.8 Å². The van der Waals surface area contributed by atoms with Crippen molar-refractivity contribution in [2.75, 3.05) is 19.6 Å². The van der Waals surface area contributed by atoms with E-state index >= 15 is 0 Å². The molecule has 5 heteroatoms. The van der Waals surface area contributed by atoms with E-state index in [4.69, 9.17) is 4.74 Å². The zero-order valence-electron chi connectivity index (χ0n) is 17.0. The molecule has 0 saturated carbocycles. The normalized spacial score (nSPS) is 17.9. The minimum atomic E-state index is -0.570. The highest BCUT2D eigenvalue weighted by Crippen LogP contribution is 2.23. The Morgan fingerprint density at radius 2 is 1.75 bits per heavy atom. The molecule has 28 heavy (non-hydrogen) atoms. The molecule has 2 aromatic carbocycles. The average Bonchev–Trinajstić information content (AvgIpc) is 2.71. The highest BCUT2D eigenvalue weighted by molar-refractivity contribution is 5.94. The van der Waals surface area contributed by atoms with Crippen LogP contribution in [0.2, 0.25) is 0 Å². The van der Waals surface area contributed by atoms with E-state index in [1.54, 1.807) is 6.92 Å². The Morgan fingerprint density at radius 1 is 1.04 bits per heavy atom. The van der Waals surface area contributed by atoms with Crippen molar-refractivity contribution in [3.05, 3.63) is 65.2 Å². The summed E-state index contributed by atoms with van der Waals surface area (Å²) in [5.74, 6) is 0.714. The Kier molecular flexibility index (Phi) is 6.02. The predicted octanol–water partition coefficient (Wildman–Crippen LogP) is 3.44. The Bertz CT molecular complexity index is 850. The number of hydrogen-bond acceptors (Lipinski definition) is 3. The van der Waals surface area contributed by atoms with Gasteiger partial charge in [0, 0.05) is 31.2 Å². The van der Waals surface area contributed by atoms with Gasteiger partial charge in [0.1, 0.15) is 5.75 Å². The third-order valence-corrected chi connectivity index (χ3v) is 5.42. The number of carbonyl (C=O) groups excluding carboxylic acids is 2. The number of benzene rings is 2. The van der Waals surface area contributed by atoms with Crippen LogP contribution in [0.1, 0.15) is 35.3 Å². The van der Waals surface area contributed by atoms with E-state index in [0.29, 0.717) is 25.2 Å². The maximum atomic E-state index is 13.0. The molecule has 2 aromatic rings. The minimum Gasteiger partial charge on any atom is -0.481 e. The lowest BCUT2D eigenvalue weighted by atomic mass is 10.1. The topological polar surface area (TPSA) is 49.9 Å². The molecule has 0 spiro atoms. The highest BCUT2D eigenvalue weighted by atomic mass is 16.5. The third-order valence-electron chi connectivity index (χ3n) is 5.42. The summed E-state index contributed by atoms with van der Waals surface area (Å²) in [4.78, 5) is 29.3. The number of nitrogens with zero attached hydrogens (tertiary/aromatic N) is 2. The summed E-state index contributed by atoms with van der Waals surface area (Å²) in [6.45, 7) is 9.36. The quantitative estimate of drug-likeness (QED) is 0.816. The molecule has 2 unspecified atom stereocenters. The maximum Gasteiger partial charge on any atom is 0.263 e. The van der Waals surface area contributed by atoms with Gasteiger partial charge in [-0.05, 0) is 57.0 Å². The first-order valence-electron chi connectivity index (χ1n) is 9.76. The molecule has 0 aromatic heterocycles. The molecule has 1 aliphatic rings. The molecule has 148 valence electrons. The third kappa shape index (κ3) is 4.19. The van der Waals surface area contributed by atoms with Gasteiger partial charge in [0.2, 0.25) is 0 Å². The van der Waals surface area contributed by atoms with Crippen LogP contribution in [0.4, 0.5) is 0 Å². The van der Waals surface area contributed by atoms with Gasteiger partial charge in [0.05, 0.1) is 0 Å². The minimum absolute atomic E-state index is 0.0132. The zero-order valence-corrected chi connectivity index (χ0v) is 17.0. The van der Waals surface area contributed by atoms with Crippen LogP contribution in [0.15, 0.2) is 48.5 Å². The van der Waals surface area contributed by atoms with Crippen molar-refractivity contribution < 1.29 is 14.3 Å². The molecule has 0 aliphatic carbocycles. The summed E-state index contributed by atoms with van der Waals surface area (Å²) in [5.41, 5.74) is 2.87. The van der Waals surface area contributed by atoms with Gasteiger partial charge in [-0.15, -0.1) is 0 Å². The first-order chi connectivity index (χ1) is 13.4. The second-order valence-electron chi connectivity index (χ2n) is 7.46. The summed E-state index contributed by atoms with van der Waals surface area (Å²) < 4.78 is 5.96. The van der Waals surface area contributed by atoms with E-state index in [0.717, 1.165) is 16.9 Å². The Morgan fingerprint density at radius 3 is 2.43 bits per heavy atom. The molecular formula is C23H28N2O3. The number of amides is 2. The smallest absolute Gasteiger partial charge is 0.263 e. The first kappa shape index (κ1) is 19.9. The van der Waals surface area contributed by atoms with E-state index < -0.39 is 6.10 Å². The van der Waals surface area contributed by atoms with Crippen molar-refractivity contribution in [1.29, 1.82) is 0 Å². The molecule has 0 radical (unpaired) electrons. The molecule has 1 saturated heterocycles. The number of hydrogen-bond donors (Lipinski definition) is 0. The maximum absolute atomic E-state index is 13.0. The Labute approximate surface area is 166 Å². The lowest BCUT2D eigenvalue weighted by Gasteiger charge is -2.40.